The fourth-order valence-electron chi connectivity index (χ4n) is 3.32. The Hall–Kier alpha value is -3.17. The van der Waals surface area contributed by atoms with E-state index in [0.717, 1.165) is 11.6 Å². The van der Waals surface area contributed by atoms with Crippen LogP contribution in [-0.2, 0) is 22.3 Å². The molecule has 1 aromatic heterocycles. The van der Waals surface area contributed by atoms with Gasteiger partial charge in [0.25, 0.3) is 5.56 Å². The van der Waals surface area contributed by atoms with Crippen LogP contribution in [0.25, 0.3) is 0 Å². The third-order valence-corrected chi connectivity index (χ3v) is 5.18. The molecule has 0 atom stereocenters. The number of aromatic nitrogens is 2. The molecule has 0 saturated heterocycles. The first-order valence-electron chi connectivity index (χ1n) is 10.4. The molecule has 0 spiro atoms. The molecule has 1 N–H and O–H groups in total. The Kier molecular flexibility index (Phi) is 7.00. The van der Waals surface area contributed by atoms with Crippen LogP contribution in [0.1, 0.15) is 48.9 Å². The molecule has 1 heterocycles. The molecule has 0 bridgehead atoms. The van der Waals surface area contributed by atoms with E-state index in [1.165, 1.54) is 4.90 Å². The zero-order valence-electron chi connectivity index (χ0n) is 17.9. The summed E-state index contributed by atoms with van der Waals surface area (Å²) in [6, 6.07) is 7.92. The molecule has 0 unspecified atom stereocenters. The molecule has 172 valence electrons. The summed E-state index contributed by atoms with van der Waals surface area (Å²) in [4.78, 5) is 38.9. The van der Waals surface area contributed by atoms with Crippen LogP contribution < -0.4 is 10.9 Å². The Labute approximate surface area is 183 Å². The van der Waals surface area contributed by atoms with Gasteiger partial charge in [0.1, 0.15) is 12.1 Å². The molecule has 1 aliphatic carbocycles. The summed E-state index contributed by atoms with van der Waals surface area (Å²) < 4.78 is 40.6. The number of halogens is 3. The molecule has 1 fully saturated rings. The number of hydrogen-bond acceptors (Lipinski definition) is 4. The van der Waals surface area contributed by atoms with Crippen LogP contribution in [0.2, 0.25) is 0 Å². The summed E-state index contributed by atoms with van der Waals surface area (Å²) in [5, 5.41) is 6.73. The molecular formula is C22H25F3N4O3. The zero-order valence-corrected chi connectivity index (χ0v) is 17.9. The van der Waals surface area contributed by atoms with Crippen molar-refractivity contribution in [3.05, 3.63) is 57.5 Å². The predicted octanol–water partition coefficient (Wildman–Crippen LogP) is 3.33. The smallest absolute Gasteiger partial charge is 0.332 e. The van der Waals surface area contributed by atoms with Crippen LogP contribution in [0.3, 0.4) is 0 Å². The Morgan fingerprint density at radius 2 is 1.94 bits per heavy atom. The lowest BCUT2D eigenvalue weighted by Gasteiger charge is -2.22. The van der Waals surface area contributed by atoms with Gasteiger partial charge in [0.2, 0.25) is 11.8 Å². The summed E-state index contributed by atoms with van der Waals surface area (Å²) in [5.74, 6) is -1.23. The average molecular weight is 450 g/mol. The minimum absolute atomic E-state index is 0.135. The van der Waals surface area contributed by atoms with E-state index in [-0.39, 0.29) is 24.7 Å². The lowest BCUT2D eigenvalue weighted by molar-refractivity contribution is -0.140. The Balaban J connectivity index is 1.78. The van der Waals surface area contributed by atoms with Crippen LogP contribution in [0.5, 0.6) is 0 Å². The van der Waals surface area contributed by atoms with Gasteiger partial charge in [0, 0.05) is 18.2 Å². The molecule has 2 amide bonds. The number of amides is 2. The van der Waals surface area contributed by atoms with Gasteiger partial charge in [0.15, 0.2) is 0 Å². The largest absolute Gasteiger partial charge is 0.421 e. The SMILES string of the molecule is CCCN(CC(=O)Nc1ccccc1C)C(=O)Cn1nc(C2CC2)cc(C(F)(F)F)c1=O. The van der Waals surface area contributed by atoms with Crippen molar-refractivity contribution in [1.29, 1.82) is 0 Å². The van der Waals surface area contributed by atoms with E-state index < -0.39 is 35.7 Å². The summed E-state index contributed by atoms with van der Waals surface area (Å²) in [6.45, 7) is 2.89. The van der Waals surface area contributed by atoms with E-state index in [0.29, 0.717) is 29.6 Å². The van der Waals surface area contributed by atoms with Crippen molar-refractivity contribution in [2.24, 2.45) is 0 Å². The standard InChI is InChI=1S/C22H25F3N4O3/c1-3-10-28(12-19(30)26-17-7-5-4-6-14(17)2)20(31)13-29-21(32)16(22(23,24)25)11-18(27-29)15-8-9-15/h4-7,11,15H,3,8-10,12-13H2,1-2H3,(H,26,30). The van der Waals surface area contributed by atoms with E-state index in [4.69, 9.17) is 0 Å². The second-order valence-corrected chi connectivity index (χ2v) is 7.90. The molecule has 7 nitrogen and oxygen atoms in total. The van der Waals surface area contributed by atoms with Crippen molar-refractivity contribution in [1.82, 2.24) is 14.7 Å². The number of hydrogen-bond donors (Lipinski definition) is 1. The van der Waals surface area contributed by atoms with Crippen LogP contribution in [0.4, 0.5) is 18.9 Å². The zero-order chi connectivity index (χ0) is 23.5. The quantitative estimate of drug-likeness (QED) is 0.669. The van der Waals surface area contributed by atoms with E-state index >= 15 is 0 Å². The number of alkyl halides is 3. The van der Waals surface area contributed by atoms with E-state index in [1.54, 1.807) is 19.1 Å². The van der Waals surface area contributed by atoms with Crippen molar-refractivity contribution in [3.63, 3.8) is 0 Å². The number of benzene rings is 1. The fraction of sp³-hybridized carbons (Fsp3) is 0.455. The van der Waals surface area contributed by atoms with Gasteiger partial charge >= 0.3 is 6.18 Å². The van der Waals surface area contributed by atoms with Crippen molar-refractivity contribution >= 4 is 17.5 Å². The molecule has 0 radical (unpaired) electrons. The summed E-state index contributed by atoms with van der Waals surface area (Å²) in [5.41, 5.74) is -1.09. The number of nitrogens with one attached hydrogen (secondary N) is 1. The van der Waals surface area contributed by atoms with Gasteiger partial charge in [-0.2, -0.15) is 18.3 Å². The first-order chi connectivity index (χ1) is 15.1. The Bertz CT molecular complexity index is 1060. The lowest BCUT2D eigenvalue weighted by Crippen LogP contribution is -2.43. The minimum Gasteiger partial charge on any atom is -0.332 e. The van der Waals surface area contributed by atoms with Gasteiger partial charge in [-0.25, -0.2) is 4.68 Å². The molecule has 0 aliphatic heterocycles. The molecule has 2 aromatic rings. The lowest BCUT2D eigenvalue weighted by atomic mass is 10.2. The van der Waals surface area contributed by atoms with Gasteiger partial charge in [-0.05, 0) is 43.9 Å². The third kappa shape index (κ3) is 5.74. The van der Waals surface area contributed by atoms with E-state index in [2.05, 4.69) is 10.4 Å². The number of nitrogens with zero attached hydrogens (tertiary/aromatic N) is 3. The molecule has 10 heteroatoms. The van der Waals surface area contributed by atoms with Crippen LogP contribution in [0.15, 0.2) is 35.1 Å². The minimum atomic E-state index is -4.84. The van der Waals surface area contributed by atoms with Crippen molar-refractivity contribution in [2.75, 3.05) is 18.4 Å². The van der Waals surface area contributed by atoms with Crippen molar-refractivity contribution < 1.29 is 22.8 Å². The highest BCUT2D eigenvalue weighted by molar-refractivity contribution is 5.95. The highest BCUT2D eigenvalue weighted by atomic mass is 19.4. The fourth-order valence-corrected chi connectivity index (χ4v) is 3.32. The first kappa shape index (κ1) is 23.5. The Morgan fingerprint density at radius 3 is 2.53 bits per heavy atom. The maximum absolute atomic E-state index is 13.3. The highest BCUT2D eigenvalue weighted by Gasteiger charge is 2.38. The van der Waals surface area contributed by atoms with Crippen LogP contribution in [-0.4, -0.2) is 39.6 Å². The molecular weight excluding hydrogens is 425 g/mol. The molecule has 32 heavy (non-hydrogen) atoms. The Morgan fingerprint density at radius 1 is 1.25 bits per heavy atom. The molecule has 1 aromatic carbocycles. The van der Waals surface area contributed by atoms with Crippen LogP contribution >= 0.6 is 0 Å². The van der Waals surface area contributed by atoms with Gasteiger partial charge in [-0.1, -0.05) is 25.1 Å². The second-order valence-electron chi connectivity index (χ2n) is 7.90. The maximum atomic E-state index is 13.3. The average Bonchev–Trinajstić information content (AvgIpc) is 3.55. The number of carbonyl (C=O) groups excluding carboxylic acids is 2. The highest BCUT2D eigenvalue weighted by Crippen LogP contribution is 2.40. The van der Waals surface area contributed by atoms with Gasteiger partial charge < -0.3 is 10.2 Å². The second kappa shape index (κ2) is 9.54. The number of aryl methyl sites for hydroxylation is 1. The first-order valence-corrected chi connectivity index (χ1v) is 10.4. The normalized spacial score (nSPS) is 13.7. The van der Waals surface area contributed by atoms with Gasteiger partial charge in [-0.15, -0.1) is 0 Å². The van der Waals surface area contributed by atoms with Crippen molar-refractivity contribution in [2.45, 2.75) is 51.7 Å². The molecule has 3 rings (SSSR count). The van der Waals surface area contributed by atoms with Crippen LogP contribution in [0, 0.1) is 6.92 Å². The van der Waals surface area contributed by atoms with E-state index in [9.17, 15) is 27.6 Å². The number of para-hydroxylation sites is 1. The summed E-state index contributed by atoms with van der Waals surface area (Å²) in [6.07, 6.45) is -2.93. The molecule has 1 aliphatic rings. The van der Waals surface area contributed by atoms with Gasteiger partial charge in [0.05, 0.1) is 12.2 Å². The van der Waals surface area contributed by atoms with Crippen molar-refractivity contribution in [3.8, 4) is 0 Å². The number of carbonyl (C=O) groups is 2. The summed E-state index contributed by atoms with van der Waals surface area (Å²) in [7, 11) is 0. The summed E-state index contributed by atoms with van der Waals surface area (Å²) >= 11 is 0. The molecule has 1 saturated carbocycles. The number of anilines is 1. The van der Waals surface area contributed by atoms with E-state index in [1.807, 2.05) is 19.1 Å². The monoisotopic (exact) mass is 450 g/mol. The maximum Gasteiger partial charge on any atom is 0.421 e. The number of rotatable bonds is 8. The predicted molar refractivity (Wildman–Crippen MR) is 112 cm³/mol. The third-order valence-electron chi connectivity index (χ3n) is 5.18. The topological polar surface area (TPSA) is 84.3 Å². The van der Waals surface area contributed by atoms with Gasteiger partial charge in [-0.3, -0.25) is 14.4 Å².